The van der Waals surface area contributed by atoms with Gasteiger partial charge in [0.2, 0.25) is 0 Å². The van der Waals surface area contributed by atoms with Gasteiger partial charge in [-0.15, -0.1) is 0 Å². The van der Waals surface area contributed by atoms with Crippen molar-refractivity contribution in [3.05, 3.63) is 76.8 Å². The Bertz CT molecular complexity index is 1050. The van der Waals surface area contributed by atoms with Crippen LogP contribution in [-0.2, 0) is 13.0 Å². The number of nitrogens with one attached hydrogen (secondary N) is 1. The first-order valence-corrected chi connectivity index (χ1v) is 10.9. The lowest BCUT2D eigenvalue weighted by atomic mass is 9.83. The molecule has 3 aromatic rings. The van der Waals surface area contributed by atoms with Gasteiger partial charge in [0, 0.05) is 48.0 Å². The van der Waals surface area contributed by atoms with Crippen molar-refractivity contribution in [3.8, 4) is 11.1 Å². The van der Waals surface area contributed by atoms with Crippen molar-refractivity contribution in [3.63, 3.8) is 0 Å². The summed E-state index contributed by atoms with van der Waals surface area (Å²) in [6.07, 6.45) is 10.5. The number of nitrogens with zero attached hydrogens (tertiary/aromatic N) is 2. The molecule has 1 aromatic carbocycles. The Balaban J connectivity index is 1.48. The molecular formula is C24H25ClF2N4. The zero-order valence-electron chi connectivity index (χ0n) is 17.1. The van der Waals surface area contributed by atoms with Gasteiger partial charge in [-0.05, 0) is 67.9 Å². The lowest BCUT2D eigenvalue weighted by Gasteiger charge is -2.25. The third-order valence-corrected chi connectivity index (χ3v) is 6.13. The van der Waals surface area contributed by atoms with Crippen molar-refractivity contribution in [2.24, 2.45) is 11.7 Å². The van der Waals surface area contributed by atoms with Crippen molar-refractivity contribution in [1.82, 2.24) is 9.97 Å². The highest BCUT2D eigenvalue weighted by atomic mass is 35.5. The Hall–Kier alpha value is -2.57. The lowest BCUT2D eigenvalue weighted by molar-refractivity contribution is 0.323. The summed E-state index contributed by atoms with van der Waals surface area (Å²) in [4.78, 5) is 8.84. The van der Waals surface area contributed by atoms with Crippen molar-refractivity contribution >= 4 is 17.3 Å². The van der Waals surface area contributed by atoms with Gasteiger partial charge in [0.05, 0.1) is 10.7 Å². The van der Waals surface area contributed by atoms with E-state index < -0.39 is 11.6 Å². The Morgan fingerprint density at radius 1 is 1.00 bits per heavy atom. The number of aromatic nitrogens is 2. The minimum atomic E-state index is -0.859. The highest BCUT2D eigenvalue weighted by Gasteiger charge is 2.20. The number of nitrogens with two attached hydrogens (primary N) is 1. The van der Waals surface area contributed by atoms with Crippen LogP contribution in [0.4, 0.5) is 14.5 Å². The van der Waals surface area contributed by atoms with E-state index >= 15 is 0 Å². The lowest BCUT2D eigenvalue weighted by Crippen LogP contribution is -2.27. The smallest absolute Gasteiger partial charge is 0.159 e. The molecule has 0 bridgehead atoms. The molecule has 0 saturated heterocycles. The van der Waals surface area contributed by atoms with Crippen molar-refractivity contribution in [2.75, 3.05) is 5.32 Å². The van der Waals surface area contributed by atoms with Crippen LogP contribution in [0, 0.1) is 17.6 Å². The number of hydrogen-bond acceptors (Lipinski definition) is 4. The van der Waals surface area contributed by atoms with Crippen LogP contribution in [0.3, 0.4) is 0 Å². The van der Waals surface area contributed by atoms with E-state index in [-0.39, 0.29) is 0 Å². The van der Waals surface area contributed by atoms with Gasteiger partial charge in [0.15, 0.2) is 11.6 Å². The summed E-state index contributed by atoms with van der Waals surface area (Å²) in [5.41, 5.74) is 10.2. The van der Waals surface area contributed by atoms with Crippen molar-refractivity contribution in [1.29, 1.82) is 0 Å². The third kappa shape index (κ3) is 5.57. The fourth-order valence-corrected chi connectivity index (χ4v) is 4.25. The Morgan fingerprint density at radius 2 is 1.81 bits per heavy atom. The summed E-state index contributed by atoms with van der Waals surface area (Å²) in [6, 6.07) is 8.16. The molecule has 2 aromatic heterocycles. The fourth-order valence-electron chi connectivity index (χ4n) is 4.04. The van der Waals surface area contributed by atoms with E-state index in [1.165, 1.54) is 6.07 Å². The fraction of sp³-hybridized carbons (Fsp3) is 0.333. The molecular weight excluding hydrogens is 418 g/mol. The van der Waals surface area contributed by atoms with Crippen molar-refractivity contribution in [2.45, 2.75) is 44.7 Å². The first-order valence-electron chi connectivity index (χ1n) is 10.5. The molecule has 0 spiro atoms. The molecule has 2 heterocycles. The van der Waals surface area contributed by atoms with Crippen LogP contribution in [0.1, 0.15) is 36.9 Å². The summed E-state index contributed by atoms with van der Waals surface area (Å²) >= 11 is 6.45. The summed E-state index contributed by atoms with van der Waals surface area (Å²) in [5, 5.41) is 3.76. The highest BCUT2D eigenvalue weighted by Crippen LogP contribution is 2.31. The Morgan fingerprint density at radius 3 is 2.58 bits per heavy atom. The van der Waals surface area contributed by atoms with Gasteiger partial charge in [0.1, 0.15) is 0 Å². The standard InChI is InChI=1S/C24H25ClF2N4/c25-22-14-31-19(7-15-1-4-18(28)5-2-15)10-21(22)17-9-20(13-29-12-17)30-11-16-3-6-23(26)24(27)8-16/h3,6,8-10,12-15,18,30H,1-2,4-5,7,11,28H2. The topological polar surface area (TPSA) is 63.8 Å². The van der Waals surface area contributed by atoms with Gasteiger partial charge < -0.3 is 11.1 Å². The van der Waals surface area contributed by atoms with Gasteiger partial charge in [-0.2, -0.15) is 0 Å². The number of rotatable bonds is 6. The molecule has 0 atom stereocenters. The van der Waals surface area contributed by atoms with Crippen LogP contribution >= 0.6 is 11.6 Å². The first kappa shape index (κ1) is 21.7. The molecule has 0 amide bonds. The SMILES string of the molecule is NC1CCC(Cc2cc(-c3cncc(NCc4ccc(F)c(F)c4)c3)c(Cl)cn2)CC1. The van der Waals surface area contributed by atoms with Crippen LogP contribution in [0.15, 0.2) is 48.9 Å². The number of halogens is 3. The second-order valence-electron chi connectivity index (χ2n) is 8.20. The molecule has 1 fully saturated rings. The molecule has 3 N–H and O–H groups in total. The Kier molecular flexibility index (Phi) is 6.78. The second-order valence-corrected chi connectivity index (χ2v) is 8.61. The number of benzene rings is 1. The zero-order valence-corrected chi connectivity index (χ0v) is 17.9. The largest absolute Gasteiger partial charge is 0.380 e. The van der Waals surface area contributed by atoms with Crippen molar-refractivity contribution < 1.29 is 8.78 Å². The molecule has 4 nitrogen and oxygen atoms in total. The quantitative estimate of drug-likeness (QED) is 0.510. The number of pyridine rings is 2. The molecule has 7 heteroatoms. The minimum Gasteiger partial charge on any atom is -0.380 e. The van der Waals surface area contributed by atoms with E-state index in [4.69, 9.17) is 17.3 Å². The average molecular weight is 443 g/mol. The molecule has 162 valence electrons. The average Bonchev–Trinajstić information content (AvgIpc) is 2.78. The number of anilines is 1. The molecule has 1 saturated carbocycles. The van der Waals surface area contributed by atoms with E-state index in [2.05, 4.69) is 15.3 Å². The summed E-state index contributed by atoms with van der Waals surface area (Å²) in [7, 11) is 0. The number of hydrogen-bond donors (Lipinski definition) is 2. The van der Waals surface area contributed by atoms with Crippen LogP contribution in [-0.4, -0.2) is 16.0 Å². The zero-order chi connectivity index (χ0) is 21.8. The van der Waals surface area contributed by atoms with E-state index in [9.17, 15) is 8.78 Å². The second kappa shape index (κ2) is 9.71. The van der Waals surface area contributed by atoms with Gasteiger partial charge in [-0.1, -0.05) is 17.7 Å². The maximum atomic E-state index is 13.4. The predicted molar refractivity (Wildman–Crippen MR) is 120 cm³/mol. The van der Waals surface area contributed by atoms with Crippen LogP contribution in [0.2, 0.25) is 5.02 Å². The minimum absolute atomic E-state index is 0.331. The van der Waals surface area contributed by atoms with Crippen LogP contribution in [0.5, 0.6) is 0 Å². The van der Waals surface area contributed by atoms with E-state index in [1.54, 1.807) is 24.7 Å². The molecule has 0 radical (unpaired) electrons. The Labute approximate surface area is 185 Å². The van der Waals surface area contributed by atoms with Gasteiger partial charge >= 0.3 is 0 Å². The monoisotopic (exact) mass is 442 g/mol. The summed E-state index contributed by atoms with van der Waals surface area (Å²) in [6.45, 7) is 0.349. The molecule has 1 aliphatic carbocycles. The van der Waals surface area contributed by atoms with Gasteiger partial charge in [-0.3, -0.25) is 9.97 Å². The molecule has 1 aliphatic rings. The summed E-state index contributed by atoms with van der Waals surface area (Å²) in [5.74, 6) is -1.11. The molecule has 0 aliphatic heterocycles. The third-order valence-electron chi connectivity index (χ3n) is 5.83. The highest BCUT2D eigenvalue weighted by molar-refractivity contribution is 6.33. The van der Waals surface area contributed by atoms with E-state index in [1.807, 2.05) is 12.1 Å². The maximum Gasteiger partial charge on any atom is 0.159 e. The first-order chi connectivity index (χ1) is 15.0. The normalized spacial score (nSPS) is 18.7. The van der Waals surface area contributed by atoms with E-state index in [0.717, 1.165) is 60.7 Å². The molecule has 4 rings (SSSR count). The molecule has 31 heavy (non-hydrogen) atoms. The predicted octanol–water partition coefficient (Wildman–Crippen LogP) is 5.75. The molecule has 0 unspecified atom stereocenters. The van der Waals surface area contributed by atoms with Gasteiger partial charge in [-0.25, -0.2) is 8.78 Å². The van der Waals surface area contributed by atoms with Crippen LogP contribution in [0.25, 0.3) is 11.1 Å². The van der Waals surface area contributed by atoms with E-state index in [0.29, 0.717) is 29.1 Å². The van der Waals surface area contributed by atoms with Crippen LogP contribution < -0.4 is 11.1 Å². The maximum absolute atomic E-state index is 13.4. The summed E-state index contributed by atoms with van der Waals surface area (Å²) < 4.78 is 26.5. The van der Waals surface area contributed by atoms with Gasteiger partial charge in [0.25, 0.3) is 0 Å².